The van der Waals surface area contributed by atoms with Crippen LogP contribution in [0.1, 0.15) is 23.1 Å². The quantitative estimate of drug-likeness (QED) is 0.224. The molecule has 0 bridgehead atoms. The smallest absolute Gasteiger partial charge is 0.328 e. The monoisotopic (exact) mass is 469 g/mol. The number of nitrogens with zero attached hydrogens (tertiary/aromatic N) is 5. The van der Waals surface area contributed by atoms with Crippen LogP contribution in [0.3, 0.4) is 0 Å². The van der Waals surface area contributed by atoms with Crippen LogP contribution in [0.2, 0.25) is 0 Å². The Labute approximate surface area is 199 Å². The van der Waals surface area contributed by atoms with E-state index in [0.29, 0.717) is 11.1 Å². The van der Waals surface area contributed by atoms with Crippen molar-refractivity contribution in [1.29, 1.82) is 0 Å². The van der Waals surface area contributed by atoms with Gasteiger partial charge >= 0.3 is 6.03 Å². The van der Waals surface area contributed by atoms with E-state index < -0.39 is 17.0 Å². The molecular weight excluding hydrogens is 450 g/mol. The fourth-order valence-corrected chi connectivity index (χ4v) is 3.99. The molecule has 3 amide bonds. The van der Waals surface area contributed by atoms with Crippen LogP contribution in [0, 0.1) is 10.1 Å². The highest BCUT2D eigenvalue weighted by atomic mass is 16.6. The largest absolute Gasteiger partial charge is 0.337 e. The standard InChI is InChI=1S/C25H19N5O5/c31-24-22(18-9-5-2-6-10-18)28(15-17-7-3-1-4-8-17)25(32)29(24)16-21-26-23(27-35-21)19-11-13-20(14-12-19)30(33)34/h1-14,22H,15-16H2. The van der Waals surface area contributed by atoms with Crippen molar-refractivity contribution in [2.75, 3.05) is 0 Å². The Morgan fingerprint density at radius 2 is 1.54 bits per heavy atom. The number of non-ortho nitro benzene ring substituents is 1. The molecule has 0 spiro atoms. The van der Waals surface area contributed by atoms with E-state index in [0.717, 1.165) is 10.5 Å². The molecule has 0 N–H and O–H groups in total. The summed E-state index contributed by atoms with van der Waals surface area (Å²) in [6.45, 7) is 0.0750. The van der Waals surface area contributed by atoms with Crippen molar-refractivity contribution in [3.8, 4) is 11.4 Å². The summed E-state index contributed by atoms with van der Waals surface area (Å²) in [7, 11) is 0. The molecule has 3 aromatic carbocycles. The first-order valence-electron chi connectivity index (χ1n) is 10.8. The number of carbonyl (C=O) groups excluding carboxylic acids is 2. The van der Waals surface area contributed by atoms with Crippen LogP contribution in [0.4, 0.5) is 10.5 Å². The maximum atomic E-state index is 13.4. The molecule has 1 aliphatic rings. The second kappa shape index (κ2) is 9.18. The summed E-state index contributed by atoms with van der Waals surface area (Å²) >= 11 is 0. The Hall–Kier alpha value is -4.86. The molecule has 4 aromatic rings. The van der Waals surface area contributed by atoms with Gasteiger partial charge in [0.05, 0.1) is 4.92 Å². The minimum absolute atomic E-state index is 0.0591. The van der Waals surface area contributed by atoms with Gasteiger partial charge in [0, 0.05) is 24.2 Å². The molecule has 10 nitrogen and oxygen atoms in total. The first-order chi connectivity index (χ1) is 17.0. The van der Waals surface area contributed by atoms with Crippen LogP contribution in [-0.4, -0.2) is 36.8 Å². The minimum Gasteiger partial charge on any atom is -0.337 e. The van der Waals surface area contributed by atoms with E-state index in [2.05, 4.69) is 10.1 Å². The van der Waals surface area contributed by atoms with E-state index in [1.54, 1.807) is 0 Å². The summed E-state index contributed by atoms with van der Waals surface area (Å²) < 4.78 is 5.29. The van der Waals surface area contributed by atoms with Crippen molar-refractivity contribution in [3.05, 3.63) is 112 Å². The molecule has 10 heteroatoms. The molecular formula is C25H19N5O5. The third kappa shape index (κ3) is 4.36. The number of carbonyl (C=O) groups is 2. The molecule has 1 aromatic heterocycles. The van der Waals surface area contributed by atoms with Crippen molar-refractivity contribution in [3.63, 3.8) is 0 Å². The van der Waals surface area contributed by atoms with E-state index in [9.17, 15) is 19.7 Å². The molecule has 0 radical (unpaired) electrons. The van der Waals surface area contributed by atoms with Crippen molar-refractivity contribution < 1.29 is 19.0 Å². The van der Waals surface area contributed by atoms with Gasteiger partial charge in [-0.2, -0.15) is 4.98 Å². The first kappa shape index (κ1) is 22.0. The van der Waals surface area contributed by atoms with Gasteiger partial charge in [0.15, 0.2) is 0 Å². The molecule has 174 valence electrons. The predicted molar refractivity (Wildman–Crippen MR) is 124 cm³/mol. The maximum absolute atomic E-state index is 13.4. The van der Waals surface area contributed by atoms with Gasteiger partial charge in [-0.05, 0) is 23.3 Å². The number of aromatic nitrogens is 2. The number of amides is 3. The average molecular weight is 469 g/mol. The van der Waals surface area contributed by atoms with Crippen molar-refractivity contribution in [2.24, 2.45) is 0 Å². The summed E-state index contributed by atoms with van der Waals surface area (Å²) in [5.74, 6) is -0.101. The first-order valence-corrected chi connectivity index (χ1v) is 10.8. The zero-order chi connectivity index (χ0) is 24.4. The summed E-state index contributed by atoms with van der Waals surface area (Å²) in [5, 5.41) is 14.8. The number of rotatable bonds is 7. The van der Waals surface area contributed by atoms with Crippen LogP contribution in [0.15, 0.2) is 89.5 Å². The van der Waals surface area contributed by atoms with Gasteiger partial charge in [0.25, 0.3) is 11.6 Å². The number of urea groups is 1. The zero-order valence-electron chi connectivity index (χ0n) is 18.4. The van der Waals surface area contributed by atoms with Crippen LogP contribution in [0.5, 0.6) is 0 Å². The van der Waals surface area contributed by atoms with Gasteiger partial charge in [0.1, 0.15) is 12.6 Å². The number of hydrogen-bond donors (Lipinski definition) is 0. The van der Waals surface area contributed by atoms with E-state index in [4.69, 9.17) is 4.52 Å². The average Bonchev–Trinajstić information content (AvgIpc) is 3.44. The summed E-state index contributed by atoms with van der Waals surface area (Å²) in [6.07, 6.45) is 0. The minimum atomic E-state index is -0.777. The lowest BCUT2D eigenvalue weighted by Crippen LogP contribution is -2.32. The Morgan fingerprint density at radius 3 is 2.20 bits per heavy atom. The van der Waals surface area contributed by atoms with Crippen LogP contribution < -0.4 is 0 Å². The number of nitro benzene ring substituents is 1. The second-order valence-electron chi connectivity index (χ2n) is 7.95. The predicted octanol–water partition coefficient (Wildman–Crippen LogP) is 4.35. The van der Waals surface area contributed by atoms with E-state index in [1.165, 1.54) is 29.2 Å². The third-order valence-electron chi connectivity index (χ3n) is 5.70. The Morgan fingerprint density at radius 1 is 0.886 bits per heavy atom. The topological polar surface area (TPSA) is 123 Å². The molecule has 1 atom stereocenters. The summed E-state index contributed by atoms with van der Waals surface area (Å²) in [6, 6.07) is 23.0. The van der Waals surface area contributed by atoms with E-state index in [-0.39, 0.29) is 36.4 Å². The molecule has 1 unspecified atom stereocenters. The highest BCUT2D eigenvalue weighted by Gasteiger charge is 2.46. The second-order valence-corrected chi connectivity index (χ2v) is 7.95. The Kier molecular flexibility index (Phi) is 5.76. The van der Waals surface area contributed by atoms with E-state index >= 15 is 0 Å². The lowest BCUT2D eigenvalue weighted by molar-refractivity contribution is -0.384. The van der Waals surface area contributed by atoms with Gasteiger partial charge in [-0.1, -0.05) is 65.8 Å². The summed E-state index contributed by atoms with van der Waals surface area (Å²) in [5.41, 5.74) is 2.06. The number of hydrogen-bond acceptors (Lipinski definition) is 7. The molecule has 1 aliphatic heterocycles. The third-order valence-corrected chi connectivity index (χ3v) is 5.70. The molecule has 1 fully saturated rings. The zero-order valence-corrected chi connectivity index (χ0v) is 18.4. The van der Waals surface area contributed by atoms with Gasteiger partial charge in [-0.25, -0.2) is 4.79 Å². The van der Waals surface area contributed by atoms with Gasteiger partial charge in [-0.15, -0.1) is 0 Å². The van der Waals surface area contributed by atoms with E-state index in [1.807, 2.05) is 60.7 Å². The van der Waals surface area contributed by atoms with Gasteiger partial charge in [-0.3, -0.25) is 19.8 Å². The lowest BCUT2D eigenvalue weighted by Gasteiger charge is -2.22. The fourth-order valence-electron chi connectivity index (χ4n) is 3.99. The Bertz CT molecular complexity index is 1370. The van der Waals surface area contributed by atoms with Gasteiger partial charge < -0.3 is 9.42 Å². The van der Waals surface area contributed by atoms with Crippen molar-refractivity contribution >= 4 is 17.6 Å². The number of imide groups is 1. The molecule has 1 saturated heterocycles. The molecule has 0 aliphatic carbocycles. The molecule has 5 rings (SSSR count). The highest BCUT2D eigenvalue weighted by molar-refractivity contribution is 6.04. The SMILES string of the molecule is O=C1C(c2ccccc2)N(Cc2ccccc2)C(=O)N1Cc1nc(-c2ccc([N+](=O)[O-])cc2)no1. The number of benzene rings is 3. The maximum Gasteiger partial charge on any atom is 0.328 e. The Balaban J connectivity index is 1.40. The van der Waals surface area contributed by atoms with Crippen molar-refractivity contribution in [1.82, 2.24) is 19.9 Å². The lowest BCUT2D eigenvalue weighted by atomic mass is 10.1. The normalized spacial score (nSPS) is 15.6. The van der Waals surface area contributed by atoms with Gasteiger partial charge in [0.2, 0.25) is 11.7 Å². The number of nitro groups is 1. The summed E-state index contributed by atoms with van der Waals surface area (Å²) in [4.78, 5) is 44.0. The molecule has 2 heterocycles. The van der Waals surface area contributed by atoms with Crippen LogP contribution in [0.25, 0.3) is 11.4 Å². The van der Waals surface area contributed by atoms with Crippen molar-refractivity contribution in [2.45, 2.75) is 19.1 Å². The van der Waals surface area contributed by atoms with Crippen LogP contribution in [-0.2, 0) is 17.9 Å². The highest BCUT2D eigenvalue weighted by Crippen LogP contribution is 2.33. The molecule has 0 saturated carbocycles. The van der Waals surface area contributed by atoms with Crippen LogP contribution >= 0.6 is 0 Å². The molecule has 35 heavy (non-hydrogen) atoms. The fraction of sp³-hybridized carbons (Fsp3) is 0.120.